The van der Waals surface area contributed by atoms with Crippen LogP contribution in [0.25, 0.3) is 11.1 Å². The van der Waals surface area contributed by atoms with Crippen molar-refractivity contribution in [3.63, 3.8) is 0 Å². The second-order valence-electron chi connectivity index (χ2n) is 11.5. The first-order valence-electron chi connectivity index (χ1n) is 15.9. The van der Waals surface area contributed by atoms with Gasteiger partial charge in [-0.2, -0.15) is 0 Å². The summed E-state index contributed by atoms with van der Waals surface area (Å²) in [5, 5.41) is 0. The summed E-state index contributed by atoms with van der Waals surface area (Å²) in [6, 6.07) is 13.6. The Hall–Kier alpha value is -2.43. The summed E-state index contributed by atoms with van der Waals surface area (Å²) in [6.45, 7) is 4.77. The van der Waals surface area contributed by atoms with Crippen LogP contribution in [0.15, 0.2) is 42.5 Å². The molecule has 0 aromatic heterocycles. The number of halogens is 2. The molecule has 1 aliphatic rings. The fourth-order valence-electron chi connectivity index (χ4n) is 5.55. The van der Waals surface area contributed by atoms with E-state index < -0.39 is 12.1 Å². The Morgan fingerprint density at radius 1 is 0.850 bits per heavy atom. The van der Waals surface area contributed by atoms with Crippen LogP contribution in [-0.4, -0.2) is 24.9 Å². The summed E-state index contributed by atoms with van der Waals surface area (Å²) in [5.74, 6) is -0.0632. The molecular weight excluding hydrogens is 506 g/mol. The number of rotatable bonds is 18. The van der Waals surface area contributed by atoms with Gasteiger partial charge in [0.2, 0.25) is 0 Å². The lowest BCUT2D eigenvalue weighted by Gasteiger charge is -2.28. The van der Waals surface area contributed by atoms with Gasteiger partial charge >= 0.3 is 5.97 Å². The highest BCUT2D eigenvalue weighted by Crippen LogP contribution is 2.31. The van der Waals surface area contributed by atoms with E-state index in [2.05, 4.69) is 31.2 Å². The van der Waals surface area contributed by atoms with Gasteiger partial charge in [0.15, 0.2) is 17.7 Å². The molecule has 0 amide bonds. The van der Waals surface area contributed by atoms with Crippen molar-refractivity contribution in [3.05, 3.63) is 53.8 Å². The average Bonchev–Trinajstić information content (AvgIpc) is 2.97. The van der Waals surface area contributed by atoms with E-state index in [1.54, 1.807) is 12.1 Å². The Morgan fingerprint density at radius 3 is 2.17 bits per heavy atom. The van der Waals surface area contributed by atoms with Crippen molar-refractivity contribution in [2.45, 2.75) is 129 Å². The van der Waals surface area contributed by atoms with E-state index in [0.29, 0.717) is 24.7 Å². The number of hydrogen-bond acceptors (Lipinski definition) is 3. The van der Waals surface area contributed by atoms with Crippen molar-refractivity contribution in [1.82, 2.24) is 0 Å². The number of unbranched alkanes of at least 4 members (excludes halogenated alkanes) is 7. The number of carbonyl (C=O) groups is 1. The van der Waals surface area contributed by atoms with Crippen molar-refractivity contribution in [1.29, 1.82) is 0 Å². The maximum absolute atomic E-state index is 14.7. The van der Waals surface area contributed by atoms with Gasteiger partial charge in [0.25, 0.3) is 0 Å². The molecule has 0 heterocycles. The van der Waals surface area contributed by atoms with Crippen LogP contribution in [0.1, 0.15) is 116 Å². The zero-order valence-electron chi connectivity index (χ0n) is 24.8. The number of aryl methyl sites for hydroxylation is 1. The van der Waals surface area contributed by atoms with Crippen LogP contribution in [0.5, 0.6) is 5.75 Å². The lowest BCUT2D eigenvalue weighted by molar-refractivity contribution is -0.157. The van der Waals surface area contributed by atoms with Gasteiger partial charge in [-0.3, -0.25) is 0 Å². The predicted molar refractivity (Wildman–Crippen MR) is 160 cm³/mol. The molecule has 1 aliphatic carbocycles. The van der Waals surface area contributed by atoms with Crippen molar-refractivity contribution >= 4 is 5.97 Å². The van der Waals surface area contributed by atoms with Crippen molar-refractivity contribution < 1.29 is 23.0 Å². The molecule has 0 N–H and O–H groups in total. The van der Waals surface area contributed by atoms with Crippen LogP contribution in [0.4, 0.5) is 8.78 Å². The highest BCUT2D eigenvalue weighted by atomic mass is 19.1. The first-order valence-corrected chi connectivity index (χ1v) is 15.9. The van der Waals surface area contributed by atoms with Crippen LogP contribution < -0.4 is 4.74 Å². The molecule has 0 saturated heterocycles. The lowest BCUT2D eigenvalue weighted by Crippen LogP contribution is -2.29. The van der Waals surface area contributed by atoms with Gasteiger partial charge in [-0.1, -0.05) is 95.5 Å². The molecule has 0 spiro atoms. The summed E-state index contributed by atoms with van der Waals surface area (Å²) in [4.78, 5) is 11.9. The Balaban J connectivity index is 1.36. The quantitative estimate of drug-likeness (QED) is 0.135. The van der Waals surface area contributed by atoms with Gasteiger partial charge < -0.3 is 9.47 Å². The smallest absolute Gasteiger partial charge is 0.340 e. The second-order valence-corrected chi connectivity index (χ2v) is 11.5. The fraction of sp³-hybridized carbons (Fsp3) is 0.629. The monoisotopic (exact) mass is 556 g/mol. The topological polar surface area (TPSA) is 35.5 Å². The molecule has 222 valence electrons. The van der Waals surface area contributed by atoms with Crippen molar-refractivity contribution in [3.8, 4) is 16.9 Å². The Morgan fingerprint density at radius 2 is 1.50 bits per heavy atom. The fourth-order valence-corrected chi connectivity index (χ4v) is 5.55. The molecule has 1 atom stereocenters. The molecule has 1 fully saturated rings. The van der Waals surface area contributed by atoms with Gasteiger partial charge in [0.05, 0.1) is 6.61 Å². The molecule has 3 rings (SSSR count). The molecule has 0 bridgehead atoms. The normalized spacial score (nSPS) is 17.9. The molecule has 1 saturated carbocycles. The molecule has 3 nitrogen and oxygen atoms in total. The van der Waals surface area contributed by atoms with Crippen molar-refractivity contribution in [2.75, 3.05) is 6.61 Å². The third-order valence-corrected chi connectivity index (χ3v) is 8.21. The van der Waals surface area contributed by atoms with E-state index in [0.717, 1.165) is 68.9 Å². The first kappa shape index (κ1) is 32.1. The Kier molecular flexibility index (Phi) is 14.5. The van der Waals surface area contributed by atoms with E-state index in [9.17, 15) is 13.6 Å². The zero-order valence-corrected chi connectivity index (χ0v) is 24.8. The molecule has 0 radical (unpaired) electrons. The number of esters is 1. The van der Waals surface area contributed by atoms with E-state index >= 15 is 0 Å². The third kappa shape index (κ3) is 11.2. The van der Waals surface area contributed by atoms with Gasteiger partial charge in [-0.15, -0.1) is 0 Å². The largest absolute Gasteiger partial charge is 0.491 e. The molecular formula is C35H50F2O3. The number of ether oxygens (including phenoxy) is 2. The van der Waals surface area contributed by atoms with Crippen LogP contribution in [0.2, 0.25) is 0 Å². The van der Waals surface area contributed by atoms with E-state index in [1.807, 2.05) is 13.0 Å². The van der Waals surface area contributed by atoms with Crippen LogP contribution >= 0.6 is 0 Å². The Labute approximate surface area is 241 Å². The Bertz CT molecular complexity index is 983. The zero-order chi connectivity index (χ0) is 28.6. The maximum atomic E-state index is 14.7. The summed E-state index contributed by atoms with van der Waals surface area (Å²) < 4.78 is 39.7. The molecule has 0 aliphatic heterocycles. The number of hydrogen-bond donors (Lipinski definition) is 0. The average molecular weight is 557 g/mol. The third-order valence-electron chi connectivity index (χ3n) is 8.21. The van der Waals surface area contributed by atoms with E-state index in [4.69, 9.17) is 9.47 Å². The predicted octanol–water partition coefficient (Wildman–Crippen LogP) is 10.2. The molecule has 2 aromatic carbocycles. The lowest BCUT2D eigenvalue weighted by atomic mass is 9.83. The number of benzene rings is 2. The van der Waals surface area contributed by atoms with Gasteiger partial charge in [-0.05, 0) is 86.1 Å². The number of alkyl halides is 1. The minimum Gasteiger partial charge on any atom is -0.491 e. The summed E-state index contributed by atoms with van der Waals surface area (Å²) >= 11 is 0. The summed E-state index contributed by atoms with van der Waals surface area (Å²) in [5.41, 5.74) is 3.11. The van der Waals surface area contributed by atoms with Crippen LogP contribution in [0, 0.1) is 11.7 Å². The minimum atomic E-state index is -1.48. The standard InChI is InChI=1S/C35H50F2O3/c1-3-5-7-8-9-10-11-25-39-34-24-21-30(26-33(34)37)29-19-15-27(16-20-29)13-14-28-17-22-31(23-18-28)40-35(38)32(36)12-6-4-2/h15-16,19-21,24,26,28,31-32H,3-14,17-18,22-23,25H2,1-2H3/t28-,31-,32-/m0/s1. The highest BCUT2D eigenvalue weighted by Gasteiger charge is 2.27. The van der Waals surface area contributed by atoms with Gasteiger partial charge in [0.1, 0.15) is 6.10 Å². The van der Waals surface area contributed by atoms with Crippen LogP contribution in [0.3, 0.4) is 0 Å². The summed E-state index contributed by atoms with van der Waals surface area (Å²) in [7, 11) is 0. The number of carbonyl (C=O) groups excluding carboxylic acids is 1. The summed E-state index contributed by atoms with van der Waals surface area (Å²) in [6.07, 6.45) is 14.4. The van der Waals surface area contributed by atoms with Gasteiger partial charge in [0, 0.05) is 0 Å². The molecule has 40 heavy (non-hydrogen) atoms. The first-order chi connectivity index (χ1) is 19.5. The molecule has 5 heteroatoms. The van der Waals surface area contributed by atoms with Crippen molar-refractivity contribution in [2.24, 2.45) is 5.92 Å². The maximum Gasteiger partial charge on any atom is 0.340 e. The molecule has 2 aromatic rings. The van der Waals surface area contributed by atoms with E-state index in [1.165, 1.54) is 37.7 Å². The van der Waals surface area contributed by atoms with Crippen LogP contribution in [-0.2, 0) is 16.0 Å². The SMILES string of the molecule is CCCCCCCCCOc1ccc(-c2ccc(CC[C@H]3CC[C@H](OC(=O)[C@@H](F)CCCC)CC3)cc2)cc1F. The molecule has 0 unspecified atom stereocenters. The second kappa shape index (κ2) is 18.1. The van der Waals surface area contributed by atoms with Gasteiger partial charge in [-0.25, -0.2) is 13.6 Å². The minimum absolute atomic E-state index is 0.139. The van der Waals surface area contributed by atoms with E-state index in [-0.39, 0.29) is 18.3 Å². The highest BCUT2D eigenvalue weighted by molar-refractivity contribution is 5.74.